The van der Waals surface area contributed by atoms with Gasteiger partial charge in [0.2, 0.25) is 15.9 Å². The summed E-state index contributed by atoms with van der Waals surface area (Å²) in [5, 5.41) is 0. The van der Waals surface area contributed by atoms with Crippen molar-refractivity contribution in [3.63, 3.8) is 0 Å². The summed E-state index contributed by atoms with van der Waals surface area (Å²) in [6.45, 7) is 3.92. The average Bonchev–Trinajstić information content (AvgIpc) is 2.58. The molecule has 0 fully saturated rings. The van der Waals surface area contributed by atoms with Gasteiger partial charge in [0.1, 0.15) is 0 Å². The van der Waals surface area contributed by atoms with Gasteiger partial charge in [-0.25, -0.2) is 13.1 Å². The number of amides is 1. The van der Waals surface area contributed by atoms with Crippen LogP contribution in [0.15, 0.2) is 54.6 Å². The average molecular weight is 375 g/mol. The third-order valence-corrected chi connectivity index (χ3v) is 5.72. The van der Waals surface area contributed by atoms with E-state index in [9.17, 15) is 13.2 Å². The number of carbonyl (C=O) groups excluding carboxylic acids is 1. The number of primary amides is 1. The number of rotatable bonds is 9. The van der Waals surface area contributed by atoms with Crippen LogP contribution in [0.3, 0.4) is 0 Å². The Balaban J connectivity index is 2.14. The van der Waals surface area contributed by atoms with Crippen LogP contribution in [0.4, 0.5) is 0 Å². The van der Waals surface area contributed by atoms with E-state index in [2.05, 4.69) is 4.72 Å². The molecule has 2 aromatic carbocycles. The molecule has 1 unspecified atom stereocenters. The van der Waals surface area contributed by atoms with E-state index in [1.54, 1.807) is 0 Å². The minimum absolute atomic E-state index is 0.0592. The SMILES string of the molecule is CC(C)CS(=O)(=O)NCc1cccc(C(Cc2ccccc2)C(N)=O)c1. The molecular formula is C20H26N2O3S. The van der Waals surface area contributed by atoms with E-state index in [-0.39, 0.29) is 18.2 Å². The lowest BCUT2D eigenvalue weighted by molar-refractivity contribution is -0.119. The molecule has 6 heteroatoms. The van der Waals surface area contributed by atoms with Gasteiger partial charge >= 0.3 is 0 Å². The quantitative estimate of drug-likeness (QED) is 0.707. The monoisotopic (exact) mass is 374 g/mol. The zero-order chi connectivity index (χ0) is 19.2. The Bertz CT molecular complexity index is 833. The Hall–Kier alpha value is -2.18. The third kappa shape index (κ3) is 6.28. The van der Waals surface area contributed by atoms with Crippen LogP contribution in [0.1, 0.15) is 36.5 Å². The molecule has 2 aromatic rings. The summed E-state index contributed by atoms with van der Waals surface area (Å²) in [4.78, 5) is 12.0. The molecule has 0 saturated carbocycles. The third-order valence-electron chi connectivity index (χ3n) is 4.03. The maximum Gasteiger partial charge on any atom is 0.225 e. The highest BCUT2D eigenvalue weighted by molar-refractivity contribution is 7.89. The van der Waals surface area contributed by atoms with Crippen molar-refractivity contribution in [1.29, 1.82) is 0 Å². The summed E-state index contributed by atoms with van der Waals surface area (Å²) >= 11 is 0. The van der Waals surface area contributed by atoms with E-state index in [0.29, 0.717) is 6.42 Å². The molecule has 0 bridgehead atoms. The van der Waals surface area contributed by atoms with Crippen LogP contribution in [-0.2, 0) is 27.8 Å². The van der Waals surface area contributed by atoms with Crippen LogP contribution >= 0.6 is 0 Å². The van der Waals surface area contributed by atoms with E-state index in [1.165, 1.54) is 0 Å². The molecule has 0 aliphatic carbocycles. The van der Waals surface area contributed by atoms with E-state index < -0.39 is 21.8 Å². The fourth-order valence-corrected chi connectivity index (χ4v) is 4.23. The highest BCUT2D eigenvalue weighted by Gasteiger charge is 2.19. The van der Waals surface area contributed by atoms with Crippen molar-refractivity contribution in [2.45, 2.75) is 32.7 Å². The van der Waals surface area contributed by atoms with Crippen LogP contribution in [0.2, 0.25) is 0 Å². The van der Waals surface area contributed by atoms with Crippen LogP contribution < -0.4 is 10.5 Å². The lowest BCUT2D eigenvalue weighted by atomic mass is 9.90. The maximum atomic E-state index is 12.0. The number of nitrogens with two attached hydrogens (primary N) is 1. The normalized spacial score (nSPS) is 12.9. The first-order valence-corrected chi connectivity index (χ1v) is 10.3. The summed E-state index contributed by atoms with van der Waals surface area (Å²) < 4.78 is 26.6. The van der Waals surface area contributed by atoms with Crippen LogP contribution in [0, 0.1) is 5.92 Å². The summed E-state index contributed by atoms with van der Waals surface area (Å²) in [6.07, 6.45) is 0.513. The Labute approximate surface area is 155 Å². The van der Waals surface area contributed by atoms with Gasteiger partial charge < -0.3 is 5.73 Å². The minimum Gasteiger partial charge on any atom is -0.369 e. The van der Waals surface area contributed by atoms with E-state index in [1.807, 2.05) is 68.4 Å². The summed E-state index contributed by atoms with van der Waals surface area (Å²) in [5.74, 6) is -0.704. The van der Waals surface area contributed by atoms with Gasteiger partial charge in [-0.3, -0.25) is 4.79 Å². The van der Waals surface area contributed by atoms with Crippen LogP contribution in [-0.4, -0.2) is 20.1 Å². The topological polar surface area (TPSA) is 89.3 Å². The fourth-order valence-electron chi connectivity index (χ4n) is 2.84. The Morgan fingerprint density at radius 2 is 1.69 bits per heavy atom. The van der Waals surface area contributed by atoms with Crippen molar-refractivity contribution in [2.24, 2.45) is 11.7 Å². The van der Waals surface area contributed by atoms with Gasteiger partial charge in [0, 0.05) is 6.54 Å². The first-order chi connectivity index (χ1) is 12.3. The lowest BCUT2D eigenvalue weighted by Gasteiger charge is -2.15. The van der Waals surface area contributed by atoms with Crippen molar-refractivity contribution < 1.29 is 13.2 Å². The van der Waals surface area contributed by atoms with E-state index >= 15 is 0 Å². The predicted octanol–water partition coefficient (Wildman–Crippen LogP) is 2.57. The summed E-state index contributed by atoms with van der Waals surface area (Å²) in [6, 6.07) is 17.0. The van der Waals surface area contributed by atoms with Gasteiger partial charge in [-0.1, -0.05) is 68.4 Å². The zero-order valence-electron chi connectivity index (χ0n) is 15.2. The lowest BCUT2D eigenvalue weighted by Crippen LogP contribution is -2.28. The number of hydrogen-bond acceptors (Lipinski definition) is 3. The minimum atomic E-state index is -3.32. The molecule has 0 radical (unpaired) electrons. The highest BCUT2D eigenvalue weighted by atomic mass is 32.2. The van der Waals surface area contributed by atoms with Gasteiger partial charge in [-0.15, -0.1) is 0 Å². The number of benzene rings is 2. The molecule has 0 saturated heterocycles. The molecule has 1 amide bonds. The van der Waals surface area contributed by atoms with Crippen LogP contribution in [0.5, 0.6) is 0 Å². The van der Waals surface area contributed by atoms with Gasteiger partial charge in [0.15, 0.2) is 0 Å². The van der Waals surface area contributed by atoms with E-state index in [0.717, 1.165) is 16.7 Å². The smallest absolute Gasteiger partial charge is 0.225 e. The second kappa shape index (κ2) is 8.96. The predicted molar refractivity (Wildman–Crippen MR) is 104 cm³/mol. The Morgan fingerprint density at radius 1 is 1.04 bits per heavy atom. The van der Waals surface area contributed by atoms with Gasteiger partial charge in [0.05, 0.1) is 11.7 Å². The van der Waals surface area contributed by atoms with Gasteiger partial charge in [0.25, 0.3) is 0 Å². The zero-order valence-corrected chi connectivity index (χ0v) is 16.0. The molecule has 0 aromatic heterocycles. The number of carbonyl (C=O) groups is 1. The molecule has 5 nitrogen and oxygen atoms in total. The van der Waals surface area contributed by atoms with Crippen molar-refractivity contribution in [1.82, 2.24) is 4.72 Å². The Kier molecular flexibility index (Phi) is 6.94. The molecule has 140 valence electrons. The molecule has 0 heterocycles. The van der Waals surface area contributed by atoms with Crippen molar-refractivity contribution in [3.8, 4) is 0 Å². The largest absolute Gasteiger partial charge is 0.369 e. The molecule has 0 aliphatic rings. The number of sulfonamides is 1. The molecule has 2 rings (SSSR count). The van der Waals surface area contributed by atoms with Crippen LogP contribution in [0.25, 0.3) is 0 Å². The Morgan fingerprint density at radius 3 is 2.31 bits per heavy atom. The van der Waals surface area contributed by atoms with Crippen molar-refractivity contribution >= 4 is 15.9 Å². The van der Waals surface area contributed by atoms with Crippen molar-refractivity contribution in [3.05, 3.63) is 71.3 Å². The first kappa shape index (κ1) is 20.1. The number of nitrogens with one attached hydrogen (secondary N) is 1. The second-order valence-corrected chi connectivity index (χ2v) is 8.74. The molecule has 1 atom stereocenters. The summed E-state index contributed by atoms with van der Waals surface area (Å²) in [5.41, 5.74) is 8.23. The molecular weight excluding hydrogens is 348 g/mol. The standard InChI is InChI=1S/C20H26N2O3S/c1-15(2)14-26(24,25)22-13-17-9-6-10-18(11-17)19(20(21)23)12-16-7-4-3-5-8-16/h3-11,15,19,22H,12-14H2,1-2H3,(H2,21,23). The van der Waals surface area contributed by atoms with Crippen molar-refractivity contribution in [2.75, 3.05) is 5.75 Å². The van der Waals surface area contributed by atoms with Gasteiger partial charge in [-0.05, 0) is 29.0 Å². The van der Waals surface area contributed by atoms with E-state index in [4.69, 9.17) is 5.73 Å². The second-order valence-electron chi connectivity index (χ2n) is 6.89. The molecule has 0 spiro atoms. The number of hydrogen-bond donors (Lipinski definition) is 2. The van der Waals surface area contributed by atoms with Gasteiger partial charge in [-0.2, -0.15) is 0 Å². The fraction of sp³-hybridized carbons (Fsp3) is 0.350. The first-order valence-electron chi connectivity index (χ1n) is 8.66. The maximum absolute atomic E-state index is 12.0. The molecule has 0 aliphatic heterocycles. The molecule has 3 N–H and O–H groups in total. The summed E-state index contributed by atoms with van der Waals surface area (Å²) in [7, 11) is -3.32. The molecule has 26 heavy (non-hydrogen) atoms. The highest BCUT2D eigenvalue weighted by Crippen LogP contribution is 2.22.